The number of carbonyl (C=O) groups excluding carboxylic acids is 2. The van der Waals surface area contributed by atoms with Crippen LogP contribution in [0, 0.1) is 6.92 Å². The van der Waals surface area contributed by atoms with Crippen LogP contribution in [0.15, 0.2) is 72.8 Å². The first kappa shape index (κ1) is 23.4. The third-order valence-electron chi connectivity index (χ3n) is 4.45. The molecular weight excluding hydrogens is 449 g/mol. The monoisotopic (exact) mass is 469 g/mol. The Kier molecular flexibility index (Phi) is 8.31. The van der Waals surface area contributed by atoms with Crippen LogP contribution in [0.1, 0.15) is 16.7 Å². The lowest BCUT2D eigenvalue weighted by molar-refractivity contribution is -0.142. The fraction of sp³-hybridized carbons (Fsp3) is 0.120. The number of ether oxygens (including phenoxy) is 2. The van der Waals surface area contributed by atoms with Gasteiger partial charge in [-0.1, -0.05) is 53.5 Å². The average molecular weight is 470 g/mol. The maximum absolute atomic E-state index is 12.0. The molecule has 0 heterocycles. The van der Waals surface area contributed by atoms with Crippen molar-refractivity contribution in [2.75, 3.05) is 11.9 Å². The van der Waals surface area contributed by atoms with Gasteiger partial charge in [-0.3, -0.25) is 4.79 Å². The van der Waals surface area contributed by atoms with Crippen LogP contribution in [-0.2, 0) is 20.9 Å². The molecule has 32 heavy (non-hydrogen) atoms. The average Bonchev–Trinajstić information content (AvgIpc) is 2.78. The van der Waals surface area contributed by atoms with E-state index in [1.165, 1.54) is 6.08 Å². The standard InChI is InChI=1S/C25H21Cl2NO4/c1-17-14-20(26)9-12-23(17)28-24(29)16-32-25(30)13-8-18-6-10-21(11-7-18)31-15-19-4-2-3-5-22(19)27/h2-14H,15-16H2,1H3,(H,28,29)/b13-8+. The summed E-state index contributed by atoms with van der Waals surface area (Å²) in [5.74, 6) is -0.372. The molecule has 0 saturated heterocycles. The topological polar surface area (TPSA) is 64.6 Å². The summed E-state index contributed by atoms with van der Waals surface area (Å²) in [6.07, 6.45) is 2.86. The first-order chi connectivity index (χ1) is 15.4. The molecule has 164 valence electrons. The molecule has 0 aliphatic heterocycles. The van der Waals surface area contributed by atoms with Gasteiger partial charge >= 0.3 is 5.97 Å². The highest BCUT2D eigenvalue weighted by Crippen LogP contribution is 2.20. The van der Waals surface area contributed by atoms with E-state index < -0.39 is 11.9 Å². The van der Waals surface area contributed by atoms with Crippen molar-refractivity contribution in [1.29, 1.82) is 0 Å². The Hall–Kier alpha value is -3.28. The molecule has 0 radical (unpaired) electrons. The molecule has 0 aliphatic carbocycles. The normalized spacial score (nSPS) is 10.7. The van der Waals surface area contributed by atoms with E-state index in [4.69, 9.17) is 32.7 Å². The van der Waals surface area contributed by atoms with Crippen LogP contribution in [0.25, 0.3) is 6.08 Å². The van der Waals surface area contributed by atoms with E-state index in [0.29, 0.717) is 28.1 Å². The molecule has 0 saturated carbocycles. The van der Waals surface area contributed by atoms with Gasteiger partial charge in [0.05, 0.1) is 0 Å². The number of anilines is 1. The zero-order chi connectivity index (χ0) is 22.9. The Bertz CT molecular complexity index is 1130. The highest BCUT2D eigenvalue weighted by atomic mass is 35.5. The molecule has 5 nitrogen and oxygen atoms in total. The van der Waals surface area contributed by atoms with Gasteiger partial charge < -0.3 is 14.8 Å². The molecule has 3 aromatic carbocycles. The summed E-state index contributed by atoms with van der Waals surface area (Å²) >= 11 is 12.0. The van der Waals surface area contributed by atoms with Crippen LogP contribution in [-0.4, -0.2) is 18.5 Å². The van der Waals surface area contributed by atoms with Crippen LogP contribution >= 0.6 is 23.2 Å². The van der Waals surface area contributed by atoms with Crippen LogP contribution in [0.3, 0.4) is 0 Å². The van der Waals surface area contributed by atoms with Crippen LogP contribution < -0.4 is 10.1 Å². The number of carbonyl (C=O) groups is 2. The zero-order valence-electron chi connectivity index (χ0n) is 17.3. The van der Waals surface area contributed by atoms with Crippen molar-refractivity contribution < 1.29 is 19.1 Å². The molecule has 7 heteroatoms. The summed E-state index contributed by atoms with van der Waals surface area (Å²) in [4.78, 5) is 23.9. The first-order valence-electron chi connectivity index (χ1n) is 9.78. The highest BCUT2D eigenvalue weighted by molar-refractivity contribution is 6.31. The molecule has 1 N–H and O–H groups in total. The van der Waals surface area contributed by atoms with Crippen molar-refractivity contribution in [3.63, 3.8) is 0 Å². The Morgan fingerprint density at radius 1 is 1.00 bits per heavy atom. The fourth-order valence-electron chi connectivity index (χ4n) is 2.75. The Morgan fingerprint density at radius 3 is 2.47 bits per heavy atom. The number of rotatable bonds is 8. The third kappa shape index (κ3) is 7.15. The molecule has 3 aromatic rings. The maximum atomic E-state index is 12.0. The van der Waals surface area contributed by atoms with E-state index in [1.54, 1.807) is 36.4 Å². The second-order valence-corrected chi connectivity index (χ2v) is 7.74. The van der Waals surface area contributed by atoms with Crippen molar-refractivity contribution in [2.24, 2.45) is 0 Å². The van der Waals surface area contributed by atoms with Gasteiger partial charge in [0, 0.05) is 27.4 Å². The minimum atomic E-state index is -0.618. The summed E-state index contributed by atoms with van der Waals surface area (Å²) < 4.78 is 10.7. The van der Waals surface area contributed by atoms with E-state index in [9.17, 15) is 9.59 Å². The zero-order valence-corrected chi connectivity index (χ0v) is 18.8. The van der Waals surface area contributed by atoms with Crippen molar-refractivity contribution in [3.05, 3.63) is 99.5 Å². The molecule has 0 spiro atoms. The fourth-order valence-corrected chi connectivity index (χ4v) is 3.17. The largest absolute Gasteiger partial charge is 0.489 e. The maximum Gasteiger partial charge on any atom is 0.331 e. The molecule has 1 amide bonds. The number of benzene rings is 3. The number of amides is 1. The molecule has 0 bridgehead atoms. The Balaban J connectivity index is 1.44. The summed E-state index contributed by atoms with van der Waals surface area (Å²) in [6.45, 7) is 1.79. The van der Waals surface area contributed by atoms with E-state index in [1.807, 2.05) is 43.3 Å². The summed E-state index contributed by atoms with van der Waals surface area (Å²) in [5, 5.41) is 3.91. The van der Waals surface area contributed by atoms with Gasteiger partial charge in [-0.05, 0) is 60.5 Å². The predicted molar refractivity (Wildman–Crippen MR) is 127 cm³/mol. The van der Waals surface area contributed by atoms with Gasteiger partial charge in [0.25, 0.3) is 5.91 Å². The second kappa shape index (κ2) is 11.4. The third-order valence-corrected chi connectivity index (χ3v) is 5.06. The molecule has 0 aromatic heterocycles. The minimum absolute atomic E-state index is 0.360. The number of nitrogens with one attached hydrogen (secondary N) is 1. The van der Waals surface area contributed by atoms with Crippen LogP contribution in [0.4, 0.5) is 5.69 Å². The number of hydrogen-bond donors (Lipinski definition) is 1. The van der Waals surface area contributed by atoms with Gasteiger partial charge in [-0.15, -0.1) is 0 Å². The molecule has 0 fully saturated rings. The van der Waals surface area contributed by atoms with Gasteiger partial charge in [0.15, 0.2) is 6.61 Å². The SMILES string of the molecule is Cc1cc(Cl)ccc1NC(=O)COC(=O)/C=C/c1ccc(OCc2ccccc2Cl)cc1. The second-order valence-electron chi connectivity index (χ2n) is 6.90. The Morgan fingerprint density at radius 2 is 1.75 bits per heavy atom. The number of halogens is 2. The van der Waals surface area contributed by atoms with E-state index in [2.05, 4.69) is 5.32 Å². The van der Waals surface area contributed by atoms with E-state index >= 15 is 0 Å². The van der Waals surface area contributed by atoms with Gasteiger partial charge in [-0.25, -0.2) is 4.79 Å². The van der Waals surface area contributed by atoms with Crippen molar-refractivity contribution in [2.45, 2.75) is 13.5 Å². The quantitative estimate of drug-likeness (QED) is 0.320. The van der Waals surface area contributed by atoms with Gasteiger partial charge in [0.1, 0.15) is 12.4 Å². The molecular formula is C25H21Cl2NO4. The highest BCUT2D eigenvalue weighted by Gasteiger charge is 2.08. The number of aryl methyl sites for hydroxylation is 1. The molecule has 0 aliphatic rings. The summed E-state index contributed by atoms with van der Waals surface area (Å²) in [5.41, 5.74) is 3.11. The summed E-state index contributed by atoms with van der Waals surface area (Å²) in [7, 11) is 0. The van der Waals surface area contributed by atoms with Crippen LogP contribution in [0.5, 0.6) is 5.75 Å². The number of hydrogen-bond acceptors (Lipinski definition) is 4. The van der Waals surface area contributed by atoms with E-state index in [-0.39, 0.29) is 6.61 Å². The number of esters is 1. The minimum Gasteiger partial charge on any atom is -0.489 e. The lowest BCUT2D eigenvalue weighted by Gasteiger charge is -2.08. The lowest BCUT2D eigenvalue weighted by atomic mass is 10.2. The van der Waals surface area contributed by atoms with Crippen LogP contribution in [0.2, 0.25) is 10.0 Å². The molecule has 0 atom stereocenters. The van der Waals surface area contributed by atoms with E-state index in [0.717, 1.165) is 16.7 Å². The molecule has 3 rings (SSSR count). The first-order valence-corrected chi connectivity index (χ1v) is 10.5. The lowest BCUT2D eigenvalue weighted by Crippen LogP contribution is -2.20. The Labute approximate surface area is 196 Å². The smallest absolute Gasteiger partial charge is 0.331 e. The van der Waals surface area contributed by atoms with Gasteiger partial charge in [-0.2, -0.15) is 0 Å². The predicted octanol–water partition coefficient (Wildman–Crippen LogP) is 6.08. The van der Waals surface area contributed by atoms with Crippen molar-refractivity contribution in [3.8, 4) is 5.75 Å². The summed E-state index contributed by atoms with van der Waals surface area (Å²) in [6, 6.07) is 19.8. The van der Waals surface area contributed by atoms with Gasteiger partial charge in [0.2, 0.25) is 0 Å². The molecule has 0 unspecified atom stereocenters. The van der Waals surface area contributed by atoms with Crippen molar-refractivity contribution in [1.82, 2.24) is 0 Å². The van der Waals surface area contributed by atoms with Crippen molar-refractivity contribution >= 4 is 46.8 Å².